The third-order valence-corrected chi connectivity index (χ3v) is 3.12. The van der Waals surface area contributed by atoms with E-state index in [-0.39, 0.29) is 0 Å². The van der Waals surface area contributed by atoms with Gasteiger partial charge in [-0.2, -0.15) is 0 Å². The van der Waals surface area contributed by atoms with Crippen LogP contribution in [0, 0.1) is 6.92 Å². The second kappa shape index (κ2) is 5.25. The molecule has 0 bridgehead atoms. The van der Waals surface area contributed by atoms with Gasteiger partial charge in [0.1, 0.15) is 5.82 Å². The highest BCUT2D eigenvalue weighted by molar-refractivity contribution is 5.94. The minimum atomic E-state index is 0.713. The molecule has 0 atom stereocenters. The van der Waals surface area contributed by atoms with Gasteiger partial charge in [0.2, 0.25) is 0 Å². The van der Waals surface area contributed by atoms with E-state index in [1.54, 1.807) is 0 Å². The third-order valence-electron chi connectivity index (χ3n) is 3.12. The highest BCUT2D eigenvalue weighted by Gasteiger charge is 2.08. The lowest BCUT2D eigenvalue weighted by Gasteiger charge is -2.08. The molecule has 0 unspecified atom stereocenters. The second-order valence-corrected chi connectivity index (χ2v) is 4.66. The molecule has 0 saturated heterocycles. The van der Waals surface area contributed by atoms with Crippen LogP contribution >= 0.6 is 0 Å². The molecule has 0 aliphatic rings. The summed E-state index contributed by atoms with van der Waals surface area (Å²) in [4.78, 5) is 13.4. The highest BCUT2D eigenvalue weighted by Crippen LogP contribution is 2.25. The summed E-state index contributed by atoms with van der Waals surface area (Å²) in [7, 11) is 0. The third kappa shape index (κ3) is 2.32. The molecule has 4 nitrogen and oxygen atoms in total. The molecule has 0 fully saturated rings. The van der Waals surface area contributed by atoms with Crippen molar-refractivity contribution in [3.63, 3.8) is 0 Å². The van der Waals surface area contributed by atoms with Crippen molar-refractivity contribution >= 4 is 16.6 Å². The summed E-state index contributed by atoms with van der Waals surface area (Å²) in [6, 6.07) is 10.1. The van der Waals surface area contributed by atoms with Crippen LogP contribution in [-0.2, 0) is 0 Å². The summed E-state index contributed by atoms with van der Waals surface area (Å²) in [5.41, 5.74) is 1.91. The van der Waals surface area contributed by atoms with Gasteiger partial charge in [-0.15, -0.1) is 0 Å². The lowest BCUT2D eigenvalue weighted by Crippen LogP contribution is -2.02. The monoisotopic (exact) mass is 264 g/mol. The van der Waals surface area contributed by atoms with E-state index in [1.165, 1.54) is 0 Å². The number of nitrogens with one attached hydrogen (secondary N) is 1. The predicted molar refractivity (Wildman–Crippen MR) is 81.7 cm³/mol. The summed E-state index contributed by atoms with van der Waals surface area (Å²) in [6.07, 6.45) is 3.69. The number of fused-ring (bicyclic) bond motifs is 1. The van der Waals surface area contributed by atoms with Crippen molar-refractivity contribution < 1.29 is 0 Å². The van der Waals surface area contributed by atoms with Crippen molar-refractivity contribution in [1.29, 1.82) is 0 Å². The number of anilines is 1. The minimum absolute atomic E-state index is 0.713. The largest absolute Gasteiger partial charge is 0.370 e. The summed E-state index contributed by atoms with van der Waals surface area (Å²) < 4.78 is 0. The zero-order chi connectivity index (χ0) is 13.9. The zero-order valence-corrected chi connectivity index (χ0v) is 11.6. The minimum Gasteiger partial charge on any atom is -0.370 e. The molecular formula is C16H16N4. The number of aromatic nitrogens is 3. The summed E-state index contributed by atoms with van der Waals surface area (Å²) in [6.45, 7) is 4.87. The first-order valence-corrected chi connectivity index (χ1v) is 6.70. The molecule has 0 amide bonds. The molecule has 0 spiro atoms. The van der Waals surface area contributed by atoms with Gasteiger partial charge < -0.3 is 5.32 Å². The first-order chi connectivity index (χ1) is 9.78. The van der Waals surface area contributed by atoms with E-state index in [4.69, 9.17) is 0 Å². The molecule has 100 valence electrons. The lowest BCUT2D eigenvalue weighted by molar-refractivity contribution is 1.08. The molecule has 0 saturated carbocycles. The Hall–Kier alpha value is -2.49. The molecule has 3 aromatic rings. The van der Waals surface area contributed by atoms with Gasteiger partial charge in [0.15, 0.2) is 5.82 Å². The van der Waals surface area contributed by atoms with E-state index in [1.807, 2.05) is 43.6 Å². The van der Waals surface area contributed by atoms with E-state index in [2.05, 4.69) is 33.3 Å². The van der Waals surface area contributed by atoms with Crippen LogP contribution < -0.4 is 5.32 Å². The Bertz CT molecular complexity index is 747. The number of rotatable bonds is 3. The van der Waals surface area contributed by atoms with Crippen LogP contribution in [0.4, 0.5) is 5.82 Å². The van der Waals surface area contributed by atoms with Crippen LogP contribution in [0.1, 0.15) is 12.6 Å². The van der Waals surface area contributed by atoms with Gasteiger partial charge in [-0.25, -0.2) is 9.97 Å². The van der Waals surface area contributed by atoms with Crippen molar-refractivity contribution in [2.75, 3.05) is 11.9 Å². The summed E-state index contributed by atoms with van der Waals surface area (Å²) in [5, 5.41) is 5.45. The Morgan fingerprint density at radius 3 is 2.80 bits per heavy atom. The maximum atomic E-state index is 4.58. The van der Waals surface area contributed by atoms with Crippen LogP contribution in [-0.4, -0.2) is 21.5 Å². The second-order valence-electron chi connectivity index (χ2n) is 4.66. The molecule has 4 heteroatoms. The van der Waals surface area contributed by atoms with Gasteiger partial charge in [0, 0.05) is 41.6 Å². The quantitative estimate of drug-likeness (QED) is 0.787. The van der Waals surface area contributed by atoms with E-state index >= 15 is 0 Å². The fourth-order valence-electron chi connectivity index (χ4n) is 2.26. The maximum absolute atomic E-state index is 4.58. The van der Waals surface area contributed by atoms with Gasteiger partial charge in [0.05, 0.1) is 0 Å². The van der Waals surface area contributed by atoms with Gasteiger partial charge in [0.25, 0.3) is 0 Å². The van der Waals surface area contributed by atoms with Crippen LogP contribution in [0.3, 0.4) is 0 Å². The molecule has 0 radical (unpaired) electrons. The Kier molecular flexibility index (Phi) is 3.29. The van der Waals surface area contributed by atoms with Crippen molar-refractivity contribution in [2.24, 2.45) is 0 Å². The van der Waals surface area contributed by atoms with Crippen LogP contribution in [0.15, 0.2) is 42.7 Å². The molecule has 20 heavy (non-hydrogen) atoms. The van der Waals surface area contributed by atoms with Gasteiger partial charge in [-0.1, -0.05) is 24.3 Å². The van der Waals surface area contributed by atoms with Gasteiger partial charge in [-0.3, -0.25) is 4.98 Å². The Labute approximate surface area is 117 Å². The standard InChI is InChI=1S/C16H16N4/c1-3-18-15-8-11(2)19-16(20-15)14-10-17-9-12-6-4-5-7-13(12)14/h4-10H,3H2,1-2H3,(H,18,19,20). The highest BCUT2D eigenvalue weighted by atomic mass is 15.0. The molecule has 2 heterocycles. The molecule has 1 N–H and O–H groups in total. The van der Waals surface area contributed by atoms with Crippen molar-refractivity contribution in [2.45, 2.75) is 13.8 Å². The molecule has 0 aliphatic carbocycles. The van der Waals surface area contributed by atoms with Gasteiger partial charge >= 0.3 is 0 Å². The summed E-state index contributed by atoms with van der Waals surface area (Å²) in [5.74, 6) is 1.56. The number of nitrogens with zero attached hydrogens (tertiary/aromatic N) is 3. The smallest absolute Gasteiger partial charge is 0.163 e. The molecular weight excluding hydrogens is 248 g/mol. The predicted octanol–water partition coefficient (Wildman–Crippen LogP) is 3.43. The normalized spacial score (nSPS) is 10.7. The summed E-state index contributed by atoms with van der Waals surface area (Å²) >= 11 is 0. The van der Waals surface area contributed by atoms with Gasteiger partial charge in [-0.05, 0) is 19.2 Å². The number of hydrogen-bond acceptors (Lipinski definition) is 4. The SMILES string of the molecule is CCNc1cc(C)nc(-c2cncc3ccccc23)n1. The molecule has 1 aromatic carbocycles. The molecule has 3 rings (SSSR count). The van der Waals surface area contributed by atoms with Crippen molar-refractivity contribution in [1.82, 2.24) is 15.0 Å². The first kappa shape index (κ1) is 12.5. The fourth-order valence-corrected chi connectivity index (χ4v) is 2.26. The maximum Gasteiger partial charge on any atom is 0.163 e. The number of hydrogen-bond donors (Lipinski definition) is 1. The topological polar surface area (TPSA) is 50.7 Å². The number of benzene rings is 1. The van der Waals surface area contributed by atoms with E-state index in [0.717, 1.165) is 34.4 Å². The number of aryl methyl sites for hydroxylation is 1. The molecule has 0 aliphatic heterocycles. The van der Waals surface area contributed by atoms with Crippen LogP contribution in [0.25, 0.3) is 22.2 Å². The lowest BCUT2D eigenvalue weighted by atomic mass is 10.1. The average molecular weight is 264 g/mol. The Balaban J connectivity index is 2.20. The zero-order valence-electron chi connectivity index (χ0n) is 11.6. The number of pyridine rings is 1. The Morgan fingerprint density at radius 2 is 1.95 bits per heavy atom. The molecule has 2 aromatic heterocycles. The van der Waals surface area contributed by atoms with Crippen molar-refractivity contribution in [3.8, 4) is 11.4 Å². The van der Waals surface area contributed by atoms with Crippen LogP contribution in [0.5, 0.6) is 0 Å². The van der Waals surface area contributed by atoms with Crippen molar-refractivity contribution in [3.05, 3.63) is 48.4 Å². The Morgan fingerprint density at radius 1 is 1.10 bits per heavy atom. The van der Waals surface area contributed by atoms with E-state index in [9.17, 15) is 0 Å². The van der Waals surface area contributed by atoms with Crippen LogP contribution in [0.2, 0.25) is 0 Å². The fraction of sp³-hybridized carbons (Fsp3) is 0.188. The van der Waals surface area contributed by atoms with E-state index < -0.39 is 0 Å². The first-order valence-electron chi connectivity index (χ1n) is 6.70. The average Bonchev–Trinajstić information content (AvgIpc) is 2.46. The van der Waals surface area contributed by atoms with E-state index in [0.29, 0.717) is 5.82 Å².